The third kappa shape index (κ3) is 4.66. The number of rotatable bonds is 4. The Morgan fingerprint density at radius 3 is 2.34 bits per heavy atom. The molecule has 10 heteroatoms. The topological polar surface area (TPSA) is 74.7 Å². The number of carbonyl (C=O) groups excluding carboxylic acids is 1. The molecule has 168 valence electrons. The third-order valence-corrected chi connectivity index (χ3v) is 7.20. The van der Waals surface area contributed by atoms with E-state index in [-0.39, 0.29) is 30.2 Å². The first-order valence-electron chi connectivity index (χ1n) is 10.1. The lowest BCUT2D eigenvalue weighted by molar-refractivity contribution is 0.214. The van der Waals surface area contributed by atoms with Crippen LogP contribution < -0.4 is 5.32 Å². The van der Waals surface area contributed by atoms with Crippen LogP contribution in [0.4, 0.5) is 19.3 Å². The van der Waals surface area contributed by atoms with Crippen molar-refractivity contribution in [1.82, 2.24) is 13.8 Å². The van der Waals surface area contributed by atoms with Crippen molar-refractivity contribution in [3.63, 3.8) is 0 Å². The van der Waals surface area contributed by atoms with Crippen LogP contribution in [0.1, 0.15) is 6.42 Å². The molecule has 2 aromatic carbocycles. The zero-order chi connectivity index (χ0) is 22.7. The average molecular weight is 461 g/mol. The molecular weight excluding hydrogens is 438 g/mol. The zero-order valence-corrected chi connectivity index (χ0v) is 17.9. The summed E-state index contributed by atoms with van der Waals surface area (Å²) in [5.41, 5.74) is 0.736. The molecule has 2 amide bonds. The van der Waals surface area contributed by atoms with Crippen LogP contribution in [0, 0.1) is 11.6 Å². The Labute approximate surface area is 184 Å². The van der Waals surface area contributed by atoms with Crippen LogP contribution in [0.25, 0.3) is 5.69 Å². The van der Waals surface area contributed by atoms with Gasteiger partial charge in [-0.1, -0.05) is 0 Å². The Balaban J connectivity index is 1.44. The number of hydrogen-bond acceptors (Lipinski definition) is 3. The summed E-state index contributed by atoms with van der Waals surface area (Å²) < 4.78 is 56.2. The van der Waals surface area contributed by atoms with E-state index in [0.717, 1.165) is 12.1 Å². The van der Waals surface area contributed by atoms with Gasteiger partial charge in [-0.15, -0.1) is 0 Å². The Morgan fingerprint density at radius 2 is 1.62 bits per heavy atom. The molecule has 1 N–H and O–H groups in total. The van der Waals surface area contributed by atoms with E-state index >= 15 is 0 Å². The highest BCUT2D eigenvalue weighted by molar-refractivity contribution is 7.89. The molecule has 3 aromatic rings. The van der Waals surface area contributed by atoms with Crippen molar-refractivity contribution in [2.24, 2.45) is 0 Å². The second-order valence-corrected chi connectivity index (χ2v) is 9.32. The maximum Gasteiger partial charge on any atom is 0.321 e. The summed E-state index contributed by atoms with van der Waals surface area (Å²) in [6.45, 7) is 0.769. The second kappa shape index (κ2) is 9.09. The molecule has 0 atom stereocenters. The summed E-state index contributed by atoms with van der Waals surface area (Å²) in [6, 6.07) is 12.2. The molecule has 2 heterocycles. The van der Waals surface area contributed by atoms with Crippen LogP contribution >= 0.6 is 0 Å². The minimum atomic E-state index is -3.80. The average Bonchev–Trinajstić information content (AvgIpc) is 3.19. The van der Waals surface area contributed by atoms with Crippen LogP contribution in [-0.4, -0.2) is 54.4 Å². The minimum Gasteiger partial charge on any atom is -0.324 e. The fourth-order valence-electron chi connectivity index (χ4n) is 3.56. The molecule has 0 unspecified atom stereocenters. The summed E-state index contributed by atoms with van der Waals surface area (Å²) in [5.74, 6) is -1.08. The maximum atomic E-state index is 14.3. The van der Waals surface area contributed by atoms with E-state index in [0.29, 0.717) is 18.7 Å². The summed E-state index contributed by atoms with van der Waals surface area (Å²) in [5, 5.41) is 2.59. The molecule has 0 spiro atoms. The fraction of sp³-hybridized carbons (Fsp3) is 0.227. The number of sulfonamides is 1. The fourth-order valence-corrected chi connectivity index (χ4v) is 5.03. The molecule has 32 heavy (non-hydrogen) atoms. The van der Waals surface area contributed by atoms with E-state index in [4.69, 9.17) is 0 Å². The first-order chi connectivity index (χ1) is 15.3. The Kier molecular flexibility index (Phi) is 6.24. The van der Waals surface area contributed by atoms with E-state index < -0.39 is 27.7 Å². The van der Waals surface area contributed by atoms with Crippen LogP contribution in [-0.2, 0) is 10.0 Å². The Hall–Kier alpha value is -3.24. The van der Waals surface area contributed by atoms with Gasteiger partial charge in [0, 0.05) is 44.3 Å². The number of aromatic nitrogens is 1. The van der Waals surface area contributed by atoms with E-state index in [2.05, 4.69) is 5.32 Å². The van der Waals surface area contributed by atoms with Crippen molar-refractivity contribution in [2.45, 2.75) is 11.3 Å². The number of urea groups is 1. The number of nitrogens with zero attached hydrogens (tertiary/aromatic N) is 3. The predicted molar refractivity (Wildman–Crippen MR) is 116 cm³/mol. The van der Waals surface area contributed by atoms with Crippen LogP contribution in [0.2, 0.25) is 0 Å². The van der Waals surface area contributed by atoms with Gasteiger partial charge in [0.05, 0.1) is 10.6 Å². The predicted octanol–water partition coefficient (Wildman–Crippen LogP) is 3.68. The van der Waals surface area contributed by atoms with Gasteiger partial charge in [0.15, 0.2) is 0 Å². The quantitative estimate of drug-likeness (QED) is 0.646. The molecule has 1 aliphatic rings. The Bertz CT molecular complexity index is 1200. The van der Waals surface area contributed by atoms with E-state index in [1.807, 2.05) is 24.5 Å². The van der Waals surface area contributed by atoms with Gasteiger partial charge in [-0.25, -0.2) is 22.0 Å². The first-order valence-corrected chi connectivity index (χ1v) is 11.5. The van der Waals surface area contributed by atoms with Gasteiger partial charge in [0.2, 0.25) is 10.0 Å². The molecule has 0 saturated carbocycles. The van der Waals surface area contributed by atoms with Gasteiger partial charge in [0.1, 0.15) is 11.6 Å². The normalized spacial score (nSPS) is 15.4. The first kappa shape index (κ1) is 22.0. The number of nitrogens with one attached hydrogen (secondary N) is 1. The van der Waals surface area contributed by atoms with Crippen molar-refractivity contribution >= 4 is 21.7 Å². The molecule has 4 rings (SSSR count). The second-order valence-electron chi connectivity index (χ2n) is 7.38. The lowest BCUT2D eigenvalue weighted by Gasteiger charge is -2.22. The lowest BCUT2D eigenvalue weighted by Crippen LogP contribution is -2.39. The standard InChI is InChI=1S/C22H22F2N4O3S/c23-17-4-7-19(8-5-17)32(30,31)28-13-3-12-27(14-15-28)22(29)25-21-16-18(6-9-20(21)24)26-10-1-2-11-26/h1-2,4-11,16H,3,12-15H2,(H,25,29). The molecule has 1 aromatic heterocycles. The summed E-state index contributed by atoms with van der Waals surface area (Å²) >= 11 is 0. The van der Waals surface area contributed by atoms with Crippen LogP contribution in [0.15, 0.2) is 71.9 Å². The lowest BCUT2D eigenvalue weighted by atomic mass is 10.2. The summed E-state index contributed by atoms with van der Waals surface area (Å²) in [6.07, 6.45) is 4.04. The highest BCUT2D eigenvalue weighted by Gasteiger charge is 2.28. The number of amides is 2. The molecule has 0 bridgehead atoms. The van der Waals surface area contributed by atoms with Gasteiger partial charge in [-0.2, -0.15) is 4.31 Å². The van der Waals surface area contributed by atoms with E-state index in [1.165, 1.54) is 33.5 Å². The van der Waals surface area contributed by atoms with Gasteiger partial charge in [-0.05, 0) is 61.0 Å². The summed E-state index contributed by atoms with van der Waals surface area (Å²) in [4.78, 5) is 14.2. The molecule has 1 saturated heterocycles. The largest absolute Gasteiger partial charge is 0.324 e. The molecule has 1 fully saturated rings. The van der Waals surface area contributed by atoms with Gasteiger partial charge >= 0.3 is 6.03 Å². The zero-order valence-electron chi connectivity index (χ0n) is 17.1. The van der Waals surface area contributed by atoms with Crippen LogP contribution in [0.3, 0.4) is 0 Å². The number of halogens is 2. The Morgan fingerprint density at radius 1 is 0.906 bits per heavy atom. The summed E-state index contributed by atoms with van der Waals surface area (Å²) in [7, 11) is -3.80. The SMILES string of the molecule is O=C(Nc1cc(-n2cccc2)ccc1F)N1CCCN(S(=O)(=O)c2ccc(F)cc2)CC1. The van der Waals surface area contributed by atoms with E-state index in [1.54, 1.807) is 10.6 Å². The molecule has 0 aliphatic carbocycles. The number of hydrogen-bond donors (Lipinski definition) is 1. The molecule has 1 aliphatic heterocycles. The van der Waals surface area contributed by atoms with Gasteiger partial charge < -0.3 is 14.8 Å². The van der Waals surface area contributed by atoms with Gasteiger partial charge in [0.25, 0.3) is 0 Å². The molecular formula is C22H22F2N4O3S. The number of anilines is 1. The van der Waals surface area contributed by atoms with E-state index in [9.17, 15) is 22.0 Å². The number of carbonyl (C=O) groups is 1. The molecule has 7 nitrogen and oxygen atoms in total. The smallest absolute Gasteiger partial charge is 0.321 e. The maximum absolute atomic E-state index is 14.3. The highest BCUT2D eigenvalue weighted by atomic mass is 32.2. The van der Waals surface area contributed by atoms with Crippen molar-refractivity contribution in [2.75, 3.05) is 31.5 Å². The molecule has 0 radical (unpaired) electrons. The highest BCUT2D eigenvalue weighted by Crippen LogP contribution is 2.21. The minimum absolute atomic E-state index is 0.000648. The van der Waals surface area contributed by atoms with Gasteiger partial charge in [-0.3, -0.25) is 0 Å². The van der Waals surface area contributed by atoms with Crippen LogP contribution in [0.5, 0.6) is 0 Å². The van der Waals surface area contributed by atoms with Crippen molar-refractivity contribution in [1.29, 1.82) is 0 Å². The third-order valence-electron chi connectivity index (χ3n) is 5.29. The number of benzene rings is 2. The van der Waals surface area contributed by atoms with Crippen molar-refractivity contribution in [3.05, 3.63) is 78.6 Å². The monoisotopic (exact) mass is 460 g/mol. The van der Waals surface area contributed by atoms with Crippen molar-refractivity contribution < 1.29 is 22.0 Å². The van der Waals surface area contributed by atoms with Crippen molar-refractivity contribution in [3.8, 4) is 5.69 Å².